The van der Waals surface area contributed by atoms with Crippen molar-refractivity contribution in [3.8, 4) is 0 Å². The Morgan fingerprint density at radius 1 is 1.17 bits per heavy atom. The largest absolute Gasteiger partial charge is 0.326 e. The first-order chi connectivity index (χ1) is 11.6. The summed E-state index contributed by atoms with van der Waals surface area (Å²) in [7, 11) is 0. The Hall–Kier alpha value is -2.60. The minimum Gasteiger partial charge on any atom is -0.326 e. The Bertz CT molecular complexity index is 792. The lowest BCUT2D eigenvalue weighted by molar-refractivity contribution is -0.121. The SMILES string of the molecule is Cc1ccccc1NC(=O)C[C@@H]1SC(=N)N(c2ccccc2)C1=O. The normalized spacial score (nSPS) is 17.2. The molecule has 2 N–H and O–H groups in total. The second-order valence-corrected chi connectivity index (χ2v) is 6.68. The molecule has 1 saturated heterocycles. The summed E-state index contributed by atoms with van der Waals surface area (Å²) < 4.78 is 0. The maximum absolute atomic E-state index is 12.6. The summed E-state index contributed by atoms with van der Waals surface area (Å²) in [6.07, 6.45) is 0.0452. The zero-order valence-electron chi connectivity index (χ0n) is 13.2. The molecule has 3 rings (SSSR count). The van der Waals surface area contributed by atoms with Gasteiger partial charge in [-0.25, -0.2) is 0 Å². The average molecular weight is 339 g/mol. The van der Waals surface area contributed by atoms with Crippen LogP contribution in [0.25, 0.3) is 0 Å². The maximum Gasteiger partial charge on any atom is 0.247 e. The second kappa shape index (κ2) is 6.88. The number of carbonyl (C=O) groups excluding carboxylic acids is 2. The molecule has 0 spiro atoms. The lowest BCUT2D eigenvalue weighted by atomic mass is 10.2. The number of hydrogen-bond acceptors (Lipinski definition) is 4. The summed E-state index contributed by atoms with van der Waals surface area (Å²) >= 11 is 1.12. The van der Waals surface area contributed by atoms with Gasteiger partial charge >= 0.3 is 0 Å². The quantitative estimate of drug-likeness (QED) is 0.896. The number of thioether (sulfide) groups is 1. The van der Waals surface area contributed by atoms with Crippen molar-refractivity contribution in [3.05, 3.63) is 60.2 Å². The van der Waals surface area contributed by atoms with E-state index < -0.39 is 5.25 Å². The van der Waals surface area contributed by atoms with Gasteiger partial charge in [-0.15, -0.1) is 0 Å². The highest BCUT2D eigenvalue weighted by atomic mass is 32.2. The number of carbonyl (C=O) groups is 2. The summed E-state index contributed by atoms with van der Waals surface area (Å²) in [5, 5.41) is 10.5. The maximum atomic E-state index is 12.6. The molecule has 1 aliphatic rings. The van der Waals surface area contributed by atoms with E-state index in [0.717, 1.165) is 23.0 Å². The van der Waals surface area contributed by atoms with Crippen LogP contribution in [-0.2, 0) is 9.59 Å². The number of nitrogens with one attached hydrogen (secondary N) is 2. The van der Waals surface area contributed by atoms with Crippen molar-refractivity contribution in [1.29, 1.82) is 5.41 Å². The van der Waals surface area contributed by atoms with E-state index in [9.17, 15) is 9.59 Å². The molecule has 1 atom stereocenters. The minimum atomic E-state index is -0.568. The lowest BCUT2D eigenvalue weighted by Gasteiger charge is -2.15. The molecule has 1 aliphatic heterocycles. The first-order valence-electron chi connectivity index (χ1n) is 7.56. The van der Waals surface area contributed by atoms with E-state index in [1.807, 2.05) is 49.4 Å². The Morgan fingerprint density at radius 3 is 2.54 bits per heavy atom. The molecule has 0 saturated carbocycles. The Morgan fingerprint density at radius 2 is 1.83 bits per heavy atom. The fraction of sp³-hybridized carbons (Fsp3) is 0.167. The Kier molecular flexibility index (Phi) is 4.66. The molecule has 2 amide bonds. The summed E-state index contributed by atoms with van der Waals surface area (Å²) in [6.45, 7) is 1.91. The van der Waals surface area contributed by atoms with Crippen LogP contribution in [0, 0.1) is 12.3 Å². The highest BCUT2D eigenvalue weighted by Gasteiger charge is 2.39. The number of amidine groups is 1. The summed E-state index contributed by atoms with van der Waals surface area (Å²) in [6, 6.07) is 16.6. The average Bonchev–Trinajstić information content (AvgIpc) is 2.84. The van der Waals surface area contributed by atoms with Gasteiger partial charge in [-0.1, -0.05) is 48.2 Å². The number of benzene rings is 2. The zero-order valence-corrected chi connectivity index (χ0v) is 14.0. The van der Waals surface area contributed by atoms with Crippen LogP contribution in [0.1, 0.15) is 12.0 Å². The highest BCUT2D eigenvalue weighted by Crippen LogP contribution is 2.32. The fourth-order valence-corrected chi connectivity index (χ4v) is 3.53. The molecule has 6 heteroatoms. The van der Waals surface area contributed by atoms with Crippen molar-refractivity contribution in [2.45, 2.75) is 18.6 Å². The lowest BCUT2D eigenvalue weighted by Crippen LogP contribution is -2.33. The van der Waals surface area contributed by atoms with E-state index in [1.54, 1.807) is 12.1 Å². The van der Waals surface area contributed by atoms with Gasteiger partial charge in [-0.3, -0.25) is 19.9 Å². The van der Waals surface area contributed by atoms with Gasteiger partial charge in [0.1, 0.15) is 5.25 Å². The van der Waals surface area contributed by atoms with Crippen molar-refractivity contribution in [3.63, 3.8) is 0 Å². The smallest absolute Gasteiger partial charge is 0.247 e. The van der Waals surface area contributed by atoms with Gasteiger partial charge < -0.3 is 5.32 Å². The number of hydrogen-bond donors (Lipinski definition) is 2. The van der Waals surface area contributed by atoms with E-state index >= 15 is 0 Å². The van der Waals surface area contributed by atoms with E-state index in [4.69, 9.17) is 5.41 Å². The van der Waals surface area contributed by atoms with Gasteiger partial charge in [0, 0.05) is 12.1 Å². The molecule has 0 radical (unpaired) electrons. The number of nitrogens with zero attached hydrogens (tertiary/aromatic N) is 1. The zero-order chi connectivity index (χ0) is 17.1. The van der Waals surface area contributed by atoms with E-state index in [-0.39, 0.29) is 23.4 Å². The molecule has 0 bridgehead atoms. The molecule has 0 aliphatic carbocycles. The van der Waals surface area contributed by atoms with Gasteiger partial charge in [0.25, 0.3) is 0 Å². The third kappa shape index (κ3) is 3.33. The van der Waals surface area contributed by atoms with Crippen molar-refractivity contribution >= 4 is 40.1 Å². The number of rotatable bonds is 4. The van der Waals surface area contributed by atoms with Crippen LogP contribution in [0.4, 0.5) is 11.4 Å². The summed E-state index contributed by atoms with van der Waals surface area (Å²) in [5.41, 5.74) is 2.37. The predicted octanol–water partition coefficient (Wildman–Crippen LogP) is 3.41. The van der Waals surface area contributed by atoms with Crippen LogP contribution in [0.5, 0.6) is 0 Å². The van der Waals surface area contributed by atoms with Crippen molar-refractivity contribution in [1.82, 2.24) is 0 Å². The van der Waals surface area contributed by atoms with Gasteiger partial charge in [0.05, 0.1) is 5.69 Å². The number of aryl methyl sites for hydroxylation is 1. The third-order valence-corrected chi connectivity index (χ3v) is 4.82. The third-order valence-electron chi connectivity index (χ3n) is 3.76. The molecule has 24 heavy (non-hydrogen) atoms. The number of amides is 2. The Labute approximate surface area is 144 Å². The molecular formula is C18H17N3O2S. The van der Waals surface area contributed by atoms with Crippen LogP contribution in [-0.4, -0.2) is 22.2 Å². The highest BCUT2D eigenvalue weighted by molar-refractivity contribution is 8.16. The second-order valence-electron chi connectivity index (χ2n) is 5.49. The van der Waals surface area contributed by atoms with Crippen LogP contribution >= 0.6 is 11.8 Å². The van der Waals surface area contributed by atoms with Crippen LogP contribution in [0.2, 0.25) is 0 Å². The molecular weight excluding hydrogens is 322 g/mol. The van der Waals surface area contributed by atoms with Crippen molar-refractivity contribution < 1.29 is 9.59 Å². The summed E-state index contributed by atoms with van der Waals surface area (Å²) in [5.74, 6) is -0.450. The van der Waals surface area contributed by atoms with Crippen molar-refractivity contribution in [2.24, 2.45) is 0 Å². The van der Waals surface area contributed by atoms with Crippen LogP contribution in [0.3, 0.4) is 0 Å². The standard InChI is InChI=1S/C18H17N3O2S/c1-12-7-5-6-10-14(12)20-16(22)11-15-17(23)21(18(19)24-15)13-8-3-2-4-9-13/h2-10,15,19H,11H2,1H3,(H,20,22)/t15-/m0/s1. The first kappa shape index (κ1) is 16.3. The molecule has 5 nitrogen and oxygen atoms in total. The van der Waals surface area contributed by atoms with E-state index in [0.29, 0.717) is 5.69 Å². The van der Waals surface area contributed by atoms with Crippen LogP contribution in [0.15, 0.2) is 54.6 Å². The monoisotopic (exact) mass is 339 g/mol. The molecule has 2 aromatic rings. The molecule has 2 aromatic carbocycles. The first-order valence-corrected chi connectivity index (χ1v) is 8.44. The van der Waals surface area contributed by atoms with Gasteiger partial charge in [0.15, 0.2) is 5.17 Å². The van der Waals surface area contributed by atoms with E-state index in [1.165, 1.54) is 4.90 Å². The van der Waals surface area contributed by atoms with Gasteiger partial charge in [-0.2, -0.15) is 0 Å². The molecule has 122 valence electrons. The fourth-order valence-electron chi connectivity index (χ4n) is 2.52. The minimum absolute atomic E-state index is 0.0452. The van der Waals surface area contributed by atoms with Crippen molar-refractivity contribution in [2.75, 3.05) is 10.2 Å². The molecule has 0 unspecified atom stereocenters. The van der Waals surface area contributed by atoms with Gasteiger partial charge in [0.2, 0.25) is 11.8 Å². The molecule has 1 heterocycles. The molecule has 1 fully saturated rings. The van der Waals surface area contributed by atoms with E-state index in [2.05, 4.69) is 5.32 Å². The Balaban J connectivity index is 1.68. The topological polar surface area (TPSA) is 73.3 Å². The predicted molar refractivity (Wildman–Crippen MR) is 97.5 cm³/mol. The number of anilines is 2. The van der Waals surface area contributed by atoms with Gasteiger partial charge in [-0.05, 0) is 30.7 Å². The molecule has 0 aromatic heterocycles. The number of para-hydroxylation sites is 2. The van der Waals surface area contributed by atoms with Crippen LogP contribution < -0.4 is 10.2 Å². The summed E-state index contributed by atoms with van der Waals surface area (Å²) in [4.78, 5) is 26.2.